The minimum absolute atomic E-state index is 0.378. The maximum Gasteiger partial charge on any atom is 0.338 e. The Kier molecular flexibility index (Phi) is 3.97. The summed E-state index contributed by atoms with van der Waals surface area (Å²) in [5.74, 6) is 0.192. The number of carbonyl (C=O) groups excluding carboxylic acids is 1. The second-order valence-electron chi connectivity index (χ2n) is 2.99. The highest BCUT2D eigenvalue weighted by Crippen LogP contribution is 2.28. The molecule has 0 atom stereocenters. The zero-order valence-electron chi connectivity index (χ0n) is 8.96. The Hall–Kier alpha value is -1.22. The van der Waals surface area contributed by atoms with Gasteiger partial charge >= 0.3 is 5.97 Å². The fourth-order valence-electron chi connectivity index (χ4n) is 1.34. The van der Waals surface area contributed by atoms with E-state index in [1.807, 2.05) is 6.92 Å². The Morgan fingerprint density at radius 2 is 2.07 bits per heavy atom. The maximum atomic E-state index is 11.4. The van der Waals surface area contributed by atoms with Crippen LogP contribution in [0.1, 0.15) is 22.8 Å². The predicted molar refractivity (Wildman–Crippen MR) is 58.7 cm³/mol. The standard InChI is InChI=1S/C11H13ClO3/c1-4-7-5-10(14-2)9(12)6-8(7)11(13)15-3/h5-6H,4H2,1-3H3. The monoisotopic (exact) mass is 228 g/mol. The van der Waals surface area contributed by atoms with Gasteiger partial charge in [0.2, 0.25) is 0 Å². The number of halogens is 1. The fourth-order valence-corrected chi connectivity index (χ4v) is 1.59. The van der Waals surface area contributed by atoms with Crippen molar-refractivity contribution in [3.8, 4) is 5.75 Å². The van der Waals surface area contributed by atoms with Gasteiger partial charge in [0.05, 0.1) is 24.8 Å². The fraction of sp³-hybridized carbons (Fsp3) is 0.364. The van der Waals surface area contributed by atoms with E-state index in [2.05, 4.69) is 4.74 Å². The summed E-state index contributed by atoms with van der Waals surface area (Å²) in [4.78, 5) is 11.4. The highest BCUT2D eigenvalue weighted by molar-refractivity contribution is 6.32. The highest BCUT2D eigenvalue weighted by atomic mass is 35.5. The first kappa shape index (κ1) is 11.9. The van der Waals surface area contributed by atoms with E-state index in [1.54, 1.807) is 19.2 Å². The Bertz CT molecular complexity index is 374. The largest absolute Gasteiger partial charge is 0.495 e. The molecule has 0 unspecified atom stereocenters. The van der Waals surface area contributed by atoms with E-state index < -0.39 is 0 Å². The Balaban J connectivity index is 3.27. The second-order valence-corrected chi connectivity index (χ2v) is 3.40. The molecule has 3 nitrogen and oxygen atoms in total. The van der Waals surface area contributed by atoms with Crippen LogP contribution >= 0.6 is 11.6 Å². The smallest absolute Gasteiger partial charge is 0.338 e. The van der Waals surface area contributed by atoms with Gasteiger partial charge in [0.25, 0.3) is 0 Å². The molecular formula is C11H13ClO3. The van der Waals surface area contributed by atoms with Gasteiger partial charge in [-0.25, -0.2) is 4.79 Å². The third-order valence-electron chi connectivity index (χ3n) is 2.16. The molecule has 15 heavy (non-hydrogen) atoms. The van der Waals surface area contributed by atoms with Gasteiger partial charge in [0.15, 0.2) is 0 Å². The first-order chi connectivity index (χ1) is 7.13. The number of hydrogen-bond acceptors (Lipinski definition) is 3. The summed E-state index contributed by atoms with van der Waals surface area (Å²) in [7, 11) is 2.89. The van der Waals surface area contributed by atoms with Gasteiger partial charge in [-0.1, -0.05) is 18.5 Å². The molecule has 4 heteroatoms. The lowest BCUT2D eigenvalue weighted by Gasteiger charge is -2.10. The molecule has 0 aliphatic heterocycles. The van der Waals surface area contributed by atoms with Gasteiger partial charge < -0.3 is 9.47 Å². The molecule has 1 rings (SSSR count). The van der Waals surface area contributed by atoms with E-state index in [9.17, 15) is 4.79 Å². The van der Waals surface area contributed by atoms with Crippen LogP contribution in [0.3, 0.4) is 0 Å². The van der Waals surface area contributed by atoms with Gasteiger partial charge in [-0.15, -0.1) is 0 Å². The van der Waals surface area contributed by atoms with E-state index in [4.69, 9.17) is 16.3 Å². The summed E-state index contributed by atoms with van der Waals surface area (Å²) in [5.41, 5.74) is 1.36. The van der Waals surface area contributed by atoms with Crippen molar-refractivity contribution in [3.05, 3.63) is 28.3 Å². The second kappa shape index (κ2) is 5.03. The first-order valence-corrected chi connectivity index (χ1v) is 4.96. The van der Waals surface area contributed by atoms with Crippen LogP contribution in [0.5, 0.6) is 5.75 Å². The van der Waals surface area contributed by atoms with Crippen molar-refractivity contribution in [2.75, 3.05) is 14.2 Å². The molecule has 0 aliphatic carbocycles. The number of methoxy groups -OCH3 is 2. The molecule has 1 aromatic carbocycles. The third-order valence-corrected chi connectivity index (χ3v) is 2.46. The minimum atomic E-state index is -0.378. The van der Waals surface area contributed by atoms with Gasteiger partial charge in [-0.05, 0) is 24.1 Å². The molecule has 0 saturated heterocycles. The summed E-state index contributed by atoms with van der Waals surface area (Å²) in [6, 6.07) is 3.33. The van der Waals surface area contributed by atoms with E-state index in [0.717, 1.165) is 12.0 Å². The molecule has 0 fully saturated rings. The average Bonchev–Trinajstić information content (AvgIpc) is 2.27. The van der Waals surface area contributed by atoms with Crippen molar-refractivity contribution in [3.63, 3.8) is 0 Å². The SMILES string of the molecule is CCc1cc(OC)c(Cl)cc1C(=O)OC. The van der Waals surface area contributed by atoms with Crippen molar-refractivity contribution in [2.45, 2.75) is 13.3 Å². The molecule has 0 aliphatic rings. The predicted octanol–water partition coefficient (Wildman–Crippen LogP) is 2.70. The van der Waals surface area contributed by atoms with E-state index in [1.165, 1.54) is 7.11 Å². The van der Waals surface area contributed by atoms with Crippen molar-refractivity contribution < 1.29 is 14.3 Å². The molecule has 0 amide bonds. The van der Waals surface area contributed by atoms with E-state index in [-0.39, 0.29) is 5.97 Å². The van der Waals surface area contributed by atoms with Crippen LogP contribution in [0.2, 0.25) is 5.02 Å². The molecule has 0 heterocycles. The minimum Gasteiger partial charge on any atom is -0.495 e. The number of aryl methyl sites for hydroxylation is 1. The molecular weight excluding hydrogens is 216 g/mol. The van der Waals surface area contributed by atoms with Crippen LogP contribution in [0, 0.1) is 0 Å². The van der Waals surface area contributed by atoms with Crippen molar-refractivity contribution >= 4 is 17.6 Å². The molecule has 0 aromatic heterocycles. The third kappa shape index (κ3) is 2.42. The van der Waals surface area contributed by atoms with E-state index >= 15 is 0 Å². The zero-order chi connectivity index (χ0) is 11.4. The molecule has 82 valence electrons. The normalized spacial score (nSPS) is 9.87. The maximum absolute atomic E-state index is 11.4. The topological polar surface area (TPSA) is 35.5 Å². The van der Waals surface area contributed by atoms with Crippen molar-refractivity contribution in [2.24, 2.45) is 0 Å². The first-order valence-electron chi connectivity index (χ1n) is 4.58. The van der Waals surface area contributed by atoms with Crippen LogP contribution in [-0.2, 0) is 11.2 Å². The van der Waals surface area contributed by atoms with Crippen LogP contribution in [0.15, 0.2) is 12.1 Å². The van der Waals surface area contributed by atoms with Crippen LogP contribution in [-0.4, -0.2) is 20.2 Å². The lowest BCUT2D eigenvalue weighted by atomic mass is 10.0. The van der Waals surface area contributed by atoms with E-state index in [0.29, 0.717) is 16.3 Å². The molecule has 0 bridgehead atoms. The summed E-state index contributed by atoms with van der Waals surface area (Å²) in [6.07, 6.45) is 0.720. The number of benzene rings is 1. The van der Waals surface area contributed by atoms with Gasteiger partial charge in [0.1, 0.15) is 5.75 Å². The molecule has 0 saturated carbocycles. The molecule has 0 N–H and O–H groups in total. The number of ether oxygens (including phenoxy) is 2. The van der Waals surface area contributed by atoms with Gasteiger partial charge in [-0.3, -0.25) is 0 Å². The molecule has 0 radical (unpaired) electrons. The Labute approximate surface area is 93.9 Å². The van der Waals surface area contributed by atoms with Crippen LogP contribution in [0.25, 0.3) is 0 Å². The lowest BCUT2D eigenvalue weighted by Crippen LogP contribution is -2.05. The summed E-state index contributed by atoms with van der Waals surface area (Å²) < 4.78 is 9.74. The summed E-state index contributed by atoms with van der Waals surface area (Å²) in [6.45, 7) is 1.95. The number of carbonyl (C=O) groups is 1. The van der Waals surface area contributed by atoms with Gasteiger partial charge in [0, 0.05) is 0 Å². The number of rotatable bonds is 3. The Morgan fingerprint density at radius 3 is 2.53 bits per heavy atom. The highest BCUT2D eigenvalue weighted by Gasteiger charge is 2.14. The number of hydrogen-bond donors (Lipinski definition) is 0. The summed E-state index contributed by atoms with van der Waals surface area (Å²) in [5, 5.41) is 0.412. The average molecular weight is 229 g/mol. The van der Waals surface area contributed by atoms with Crippen LogP contribution in [0.4, 0.5) is 0 Å². The lowest BCUT2D eigenvalue weighted by molar-refractivity contribution is 0.0599. The van der Waals surface area contributed by atoms with Crippen molar-refractivity contribution in [1.82, 2.24) is 0 Å². The van der Waals surface area contributed by atoms with Crippen molar-refractivity contribution in [1.29, 1.82) is 0 Å². The molecule has 1 aromatic rings. The zero-order valence-corrected chi connectivity index (χ0v) is 9.72. The Morgan fingerprint density at radius 1 is 1.40 bits per heavy atom. The number of esters is 1. The van der Waals surface area contributed by atoms with Gasteiger partial charge in [-0.2, -0.15) is 0 Å². The molecule has 0 spiro atoms. The summed E-state index contributed by atoms with van der Waals surface area (Å²) >= 11 is 5.93. The quantitative estimate of drug-likeness (QED) is 0.747. The van der Waals surface area contributed by atoms with Crippen LogP contribution < -0.4 is 4.74 Å².